The molecule has 3 rings (SSSR count). The molecule has 0 aliphatic heterocycles. The van der Waals surface area contributed by atoms with Gasteiger partial charge in [-0.05, 0) is 24.3 Å². The zero-order chi connectivity index (χ0) is 14.7. The molecule has 0 bridgehead atoms. The Morgan fingerprint density at radius 1 is 1.29 bits per heavy atom. The molecule has 0 saturated heterocycles. The number of benzene rings is 1. The van der Waals surface area contributed by atoms with Crippen LogP contribution in [0.1, 0.15) is 15.9 Å². The van der Waals surface area contributed by atoms with Crippen LogP contribution in [0.4, 0.5) is 0 Å². The van der Waals surface area contributed by atoms with Crippen LogP contribution in [0, 0.1) is 0 Å². The van der Waals surface area contributed by atoms with Crippen molar-refractivity contribution in [1.82, 2.24) is 15.0 Å². The number of ether oxygens (including phenoxy) is 2. The lowest BCUT2D eigenvalue weighted by molar-refractivity contribution is 0.111. The number of carbonyl (C=O) groups excluding carboxylic acids is 1. The molecular formula is C15H13N3O3. The number of aldehydes is 1. The predicted molar refractivity (Wildman–Crippen MR) is 76.6 cm³/mol. The Morgan fingerprint density at radius 3 is 3.00 bits per heavy atom. The third-order valence-corrected chi connectivity index (χ3v) is 3.13. The van der Waals surface area contributed by atoms with Gasteiger partial charge in [0.25, 0.3) is 0 Å². The van der Waals surface area contributed by atoms with Crippen LogP contribution < -0.4 is 9.47 Å². The number of nitrogens with one attached hydrogen (secondary N) is 1. The van der Waals surface area contributed by atoms with E-state index in [4.69, 9.17) is 9.47 Å². The Labute approximate surface area is 120 Å². The van der Waals surface area contributed by atoms with E-state index in [1.54, 1.807) is 37.8 Å². The molecule has 0 amide bonds. The topological polar surface area (TPSA) is 77.1 Å². The zero-order valence-corrected chi connectivity index (χ0v) is 11.4. The maximum absolute atomic E-state index is 11.1. The summed E-state index contributed by atoms with van der Waals surface area (Å²) in [6, 6.07) is 6.94. The minimum atomic E-state index is 0.303. The minimum Gasteiger partial charge on any atom is -0.497 e. The number of nitrogens with zero attached hydrogens (tertiary/aromatic N) is 2. The zero-order valence-electron chi connectivity index (χ0n) is 11.4. The van der Waals surface area contributed by atoms with E-state index < -0.39 is 0 Å². The van der Waals surface area contributed by atoms with Gasteiger partial charge in [-0.3, -0.25) is 4.79 Å². The van der Waals surface area contributed by atoms with Crippen molar-refractivity contribution in [1.29, 1.82) is 0 Å². The largest absolute Gasteiger partial charge is 0.497 e. The summed E-state index contributed by atoms with van der Waals surface area (Å²) >= 11 is 0. The number of hydrogen-bond donors (Lipinski definition) is 1. The van der Waals surface area contributed by atoms with Crippen LogP contribution in [0.25, 0.3) is 11.2 Å². The van der Waals surface area contributed by atoms with Gasteiger partial charge in [0.2, 0.25) is 0 Å². The van der Waals surface area contributed by atoms with Gasteiger partial charge >= 0.3 is 0 Å². The highest BCUT2D eigenvalue weighted by molar-refractivity contribution is 5.80. The highest BCUT2D eigenvalue weighted by atomic mass is 16.5. The van der Waals surface area contributed by atoms with E-state index in [-0.39, 0.29) is 0 Å². The first-order valence-electron chi connectivity index (χ1n) is 6.35. The lowest BCUT2D eigenvalue weighted by atomic mass is 10.2. The van der Waals surface area contributed by atoms with E-state index in [0.717, 1.165) is 17.4 Å². The molecule has 0 unspecified atom stereocenters. The second-order valence-corrected chi connectivity index (χ2v) is 4.38. The summed E-state index contributed by atoms with van der Waals surface area (Å²) in [7, 11) is 1.55. The molecular weight excluding hydrogens is 270 g/mol. The summed E-state index contributed by atoms with van der Waals surface area (Å²) in [5.41, 5.74) is 2.82. The van der Waals surface area contributed by atoms with Crippen molar-refractivity contribution in [3.8, 4) is 11.5 Å². The summed E-state index contributed by atoms with van der Waals surface area (Å²) in [6.07, 6.45) is 4.02. The highest BCUT2D eigenvalue weighted by Gasteiger charge is 2.08. The highest BCUT2D eigenvalue weighted by Crippen LogP contribution is 2.24. The van der Waals surface area contributed by atoms with Crippen molar-refractivity contribution >= 4 is 17.5 Å². The van der Waals surface area contributed by atoms with E-state index in [0.29, 0.717) is 29.3 Å². The van der Waals surface area contributed by atoms with Crippen molar-refractivity contribution in [3.63, 3.8) is 0 Å². The third-order valence-electron chi connectivity index (χ3n) is 3.13. The van der Waals surface area contributed by atoms with Gasteiger partial charge < -0.3 is 14.5 Å². The molecule has 0 aliphatic carbocycles. The number of pyridine rings is 1. The molecule has 2 aromatic heterocycles. The lowest BCUT2D eigenvalue weighted by Crippen LogP contribution is -2.00. The molecule has 3 aromatic rings. The van der Waals surface area contributed by atoms with Gasteiger partial charge in [-0.25, -0.2) is 9.97 Å². The molecule has 0 saturated carbocycles. The molecule has 0 radical (unpaired) electrons. The second-order valence-electron chi connectivity index (χ2n) is 4.38. The molecule has 2 heterocycles. The van der Waals surface area contributed by atoms with Crippen LogP contribution in [-0.2, 0) is 6.61 Å². The number of imidazole rings is 1. The van der Waals surface area contributed by atoms with Gasteiger partial charge in [0.1, 0.15) is 23.6 Å². The normalized spacial score (nSPS) is 10.5. The smallest absolute Gasteiger partial charge is 0.157 e. The number of H-pyrrole nitrogens is 1. The van der Waals surface area contributed by atoms with Crippen LogP contribution in [0.3, 0.4) is 0 Å². The predicted octanol–water partition coefficient (Wildman–Crippen LogP) is 2.36. The maximum Gasteiger partial charge on any atom is 0.157 e. The van der Waals surface area contributed by atoms with Crippen molar-refractivity contribution in [2.75, 3.05) is 7.11 Å². The first-order chi connectivity index (χ1) is 10.3. The Morgan fingerprint density at radius 2 is 2.19 bits per heavy atom. The average molecular weight is 283 g/mol. The fourth-order valence-electron chi connectivity index (χ4n) is 2.05. The number of aromatic amines is 1. The fourth-order valence-corrected chi connectivity index (χ4v) is 2.05. The quantitative estimate of drug-likeness (QED) is 0.727. The number of carbonyl (C=O) groups is 1. The number of aromatic nitrogens is 3. The Balaban J connectivity index is 1.84. The third kappa shape index (κ3) is 2.55. The molecule has 1 N–H and O–H groups in total. The van der Waals surface area contributed by atoms with Gasteiger partial charge in [0, 0.05) is 11.8 Å². The number of hydrogen-bond acceptors (Lipinski definition) is 5. The Hall–Kier alpha value is -2.89. The van der Waals surface area contributed by atoms with Gasteiger partial charge in [0.15, 0.2) is 11.9 Å². The van der Waals surface area contributed by atoms with E-state index in [1.165, 1.54) is 0 Å². The van der Waals surface area contributed by atoms with E-state index in [2.05, 4.69) is 15.0 Å². The monoisotopic (exact) mass is 283 g/mol. The maximum atomic E-state index is 11.1. The molecule has 0 atom stereocenters. The SMILES string of the molecule is COc1ccc(OCc2ccnc3[nH]cnc23)c(C=O)c1. The van der Waals surface area contributed by atoms with E-state index >= 15 is 0 Å². The lowest BCUT2D eigenvalue weighted by Gasteiger charge is -2.10. The average Bonchev–Trinajstić information content (AvgIpc) is 3.01. The first-order valence-corrected chi connectivity index (χ1v) is 6.35. The van der Waals surface area contributed by atoms with Crippen molar-refractivity contribution in [2.45, 2.75) is 6.61 Å². The standard InChI is InChI=1S/C15H13N3O3/c1-20-12-2-3-13(11(6-12)7-19)21-8-10-4-5-16-15-14(10)17-9-18-15/h2-7,9H,8H2,1H3,(H,16,17,18). The summed E-state index contributed by atoms with van der Waals surface area (Å²) < 4.78 is 10.8. The van der Waals surface area contributed by atoms with Crippen LogP contribution in [0.15, 0.2) is 36.8 Å². The molecule has 6 heteroatoms. The summed E-state index contributed by atoms with van der Waals surface area (Å²) in [6.45, 7) is 0.303. The van der Waals surface area contributed by atoms with Crippen LogP contribution in [-0.4, -0.2) is 28.3 Å². The minimum absolute atomic E-state index is 0.303. The number of fused-ring (bicyclic) bond motifs is 1. The molecule has 0 fully saturated rings. The van der Waals surface area contributed by atoms with Gasteiger partial charge in [0.05, 0.1) is 19.0 Å². The Kier molecular flexibility index (Phi) is 3.51. The van der Waals surface area contributed by atoms with Crippen LogP contribution in [0.2, 0.25) is 0 Å². The second kappa shape index (κ2) is 5.62. The summed E-state index contributed by atoms with van der Waals surface area (Å²) in [4.78, 5) is 22.4. The van der Waals surface area contributed by atoms with Crippen molar-refractivity contribution in [2.24, 2.45) is 0 Å². The number of methoxy groups -OCH3 is 1. The van der Waals surface area contributed by atoms with Crippen LogP contribution in [0.5, 0.6) is 11.5 Å². The molecule has 1 aromatic carbocycles. The molecule has 0 spiro atoms. The summed E-state index contributed by atoms with van der Waals surface area (Å²) in [5.74, 6) is 1.12. The van der Waals surface area contributed by atoms with Gasteiger partial charge in [-0.2, -0.15) is 0 Å². The first kappa shape index (κ1) is 13.1. The molecule has 6 nitrogen and oxygen atoms in total. The van der Waals surface area contributed by atoms with Gasteiger partial charge in [-0.1, -0.05) is 0 Å². The fraction of sp³-hybridized carbons (Fsp3) is 0.133. The summed E-state index contributed by atoms with van der Waals surface area (Å²) in [5, 5.41) is 0. The molecule has 21 heavy (non-hydrogen) atoms. The van der Waals surface area contributed by atoms with Crippen LogP contribution >= 0.6 is 0 Å². The van der Waals surface area contributed by atoms with E-state index in [1.807, 2.05) is 6.07 Å². The van der Waals surface area contributed by atoms with E-state index in [9.17, 15) is 4.79 Å². The molecule has 0 aliphatic rings. The number of rotatable bonds is 5. The Bertz CT molecular complexity index is 783. The van der Waals surface area contributed by atoms with Crippen molar-refractivity contribution < 1.29 is 14.3 Å². The molecule has 106 valence electrons. The van der Waals surface area contributed by atoms with Gasteiger partial charge in [-0.15, -0.1) is 0 Å². The van der Waals surface area contributed by atoms with Crippen molar-refractivity contribution in [3.05, 3.63) is 47.9 Å².